The number of hydrogen-bond donors (Lipinski definition) is 0. The van der Waals surface area contributed by atoms with Gasteiger partial charge in [0.25, 0.3) is 0 Å². The van der Waals surface area contributed by atoms with E-state index in [0.717, 1.165) is 22.7 Å². The molecule has 0 aliphatic carbocycles. The highest BCUT2D eigenvalue weighted by molar-refractivity contribution is 6.23. The Bertz CT molecular complexity index is 2090. The maximum absolute atomic E-state index is 2.46. The second kappa shape index (κ2) is 12.8. The lowest BCUT2D eigenvalue weighted by molar-refractivity contribution is 0.868. The average Bonchev–Trinajstić information content (AvgIpc) is 3.11. The molecule has 2 nitrogen and oxygen atoms in total. The molecule has 0 atom stereocenters. The van der Waals surface area contributed by atoms with Crippen LogP contribution >= 0.6 is 0 Å². The SMILES string of the molecule is Cc1ccc(N(c2ccccc2)c2c3ccc(C(C)C)cc3c(N(c3ccccc3)c3ccccc3)c3ccc(C(C)C)cc23)cc1. The van der Waals surface area contributed by atoms with Gasteiger partial charge in [-0.05, 0) is 90.6 Å². The van der Waals surface area contributed by atoms with Crippen LogP contribution in [0.3, 0.4) is 0 Å². The number of rotatable bonds is 8. The first-order valence-electron chi connectivity index (χ1n) is 16.8. The van der Waals surface area contributed by atoms with Crippen LogP contribution in [0.1, 0.15) is 56.2 Å². The van der Waals surface area contributed by atoms with Gasteiger partial charge in [-0.1, -0.05) is 124 Å². The van der Waals surface area contributed by atoms with Crippen LogP contribution in [0.5, 0.6) is 0 Å². The minimum absolute atomic E-state index is 0.388. The maximum Gasteiger partial charge on any atom is 0.0620 e. The lowest BCUT2D eigenvalue weighted by Gasteiger charge is -2.33. The first-order chi connectivity index (χ1) is 22.9. The van der Waals surface area contributed by atoms with E-state index in [2.05, 4.69) is 196 Å². The highest BCUT2D eigenvalue weighted by Gasteiger charge is 2.26. The Balaban J connectivity index is 1.69. The fourth-order valence-corrected chi connectivity index (χ4v) is 6.66. The number of benzene rings is 7. The van der Waals surface area contributed by atoms with Gasteiger partial charge in [-0.25, -0.2) is 0 Å². The molecule has 0 fully saturated rings. The quantitative estimate of drug-likeness (QED) is 0.125. The summed E-state index contributed by atoms with van der Waals surface area (Å²) < 4.78 is 0. The molecule has 0 spiro atoms. The van der Waals surface area contributed by atoms with Gasteiger partial charge in [0.05, 0.1) is 11.4 Å². The monoisotopic (exact) mass is 610 g/mol. The predicted octanol–water partition coefficient (Wildman–Crippen LogP) is 13.5. The van der Waals surface area contributed by atoms with Gasteiger partial charge in [0.1, 0.15) is 0 Å². The van der Waals surface area contributed by atoms with Crippen molar-refractivity contribution in [2.24, 2.45) is 0 Å². The van der Waals surface area contributed by atoms with Crippen LogP contribution in [0.15, 0.2) is 152 Å². The highest BCUT2D eigenvalue weighted by Crippen LogP contribution is 2.51. The van der Waals surface area contributed by atoms with E-state index in [1.165, 1.54) is 49.6 Å². The van der Waals surface area contributed by atoms with Gasteiger partial charge >= 0.3 is 0 Å². The van der Waals surface area contributed by atoms with Crippen LogP contribution in [0, 0.1) is 6.92 Å². The van der Waals surface area contributed by atoms with Crippen molar-refractivity contribution in [3.8, 4) is 0 Å². The van der Waals surface area contributed by atoms with Gasteiger partial charge in [-0.15, -0.1) is 0 Å². The molecule has 0 amide bonds. The maximum atomic E-state index is 2.46. The molecule has 0 heterocycles. The summed E-state index contributed by atoms with van der Waals surface area (Å²) in [6.45, 7) is 11.3. The molecule has 0 N–H and O–H groups in total. The summed E-state index contributed by atoms with van der Waals surface area (Å²) >= 11 is 0. The first kappa shape index (κ1) is 30.3. The Kier molecular flexibility index (Phi) is 8.26. The number of fused-ring (bicyclic) bond motifs is 2. The van der Waals surface area contributed by atoms with E-state index in [1.807, 2.05) is 0 Å². The molecule has 0 aromatic heterocycles. The molecule has 7 rings (SSSR count). The summed E-state index contributed by atoms with van der Waals surface area (Å²) in [4.78, 5) is 4.91. The summed E-state index contributed by atoms with van der Waals surface area (Å²) in [6.07, 6.45) is 0. The molecular formula is C45H42N2. The molecule has 2 heteroatoms. The van der Waals surface area contributed by atoms with Crippen molar-refractivity contribution in [3.05, 3.63) is 168 Å². The standard InChI is InChI=1S/C45H42N2/c1-31(2)34-24-28-41-42(29-34)44(46(36-15-9-6-10-16-36)37-17-11-7-12-18-37)40-27-23-35(32(3)4)30-43(40)45(41)47(38-19-13-8-14-20-38)39-25-21-33(5)22-26-39/h6-32H,1-5H3. The number of anilines is 6. The third-order valence-corrected chi connectivity index (χ3v) is 9.22. The van der Waals surface area contributed by atoms with E-state index in [0.29, 0.717) is 11.8 Å². The zero-order chi connectivity index (χ0) is 32.5. The molecule has 47 heavy (non-hydrogen) atoms. The largest absolute Gasteiger partial charge is 0.309 e. The molecule has 0 saturated carbocycles. The molecule has 7 aromatic carbocycles. The van der Waals surface area contributed by atoms with E-state index < -0.39 is 0 Å². The minimum atomic E-state index is 0.388. The lowest BCUT2D eigenvalue weighted by atomic mass is 9.90. The summed E-state index contributed by atoms with van der Waals surface area (Å²) in [7, 11) is 0. The molecule has 0 radical (unpaired) electrons. The second-order valence-electron chi connectivity index (χ2n) is 13.1. The summed E-state index contributed by atoms with van der Waals surface area (Å²) in [6, 6.07) is 55.6. The van der Waals surface area contributed by atoms with E-state index in [4.69, 9.17) is 0 Å². The Morgan fingerprint density at radius 2 is 0.702 bits per heavy atom. The van der Waals surface area contributed by atoms with Crippen molar-refractivity contribution in [1.82, 2.24) is 0 Å². The smallest absolute Gasteiger partial charge is 0.0620 e. The molecule has 0 unspecified atom stereocenters. The number of para-hydroxylation sites is 3. The average molecular weight is 611 g/mol. The molecule has 0 bridgehead atoms. The number of nitrogens with zero attached hydrogens (tertiary/aromatic N) is 2. The Hall–Kier alpha value is -5.34. The Morgan fingerprint density at radius 1 is 0.362 bits per heavy atom. The zero-order valence-corrected chi connectivity index (χ0v) is 28.0. The van der Waals surface area contributed by atoms with Crippen molar-refractivity contribution >= 4 is 55.7 Å². The van der Waals surface area contributed by atoms with Crippen molar-refractivity contribution in [1.29, 1.82) is 0 Å². The minimum Gasteiger partial charge on any atom is -0.309 e. The summed E-state index contributed by atoms with van der Waals surface area (Å²) in [5, 5.41) is 4.91. The van der Waals surface area contributed by atoms with Crippen LogP contribution < -0.4 is 9.80 Å². The van der Waals surface area contributed by atoms with Gasteiger partial charge in [-0.3, -0.25) is 0 Å². The van der Waals surface area contributed by atoms with E-state index in [9.17, 15) is 0 Å². The first-order valence-corrected chi connectivity index (χ1v) is 16.8. The lowest BCUT2D eigenvalue weighted by Crippen LogP contribution is -2.15. The van der Waals surface area contributed by atoms with Crippen LogP contribution in [-0.4, -0.2) is 0 Å². The third-order valence-electron chi connectivity index (χ3n) is 9.22. The summed E-state index contributed by atoms with van der Waals surface area (Å²) in [5.41, 5.74) is 10.8. The molecule has 0 aliphatic rings. The van der Waals surface area contributed by atoms with E-state index in [1.54, 1.807) is 0 Å². The fraction of sp³-hybridized carbons (Fsp3) is 0.156. The molecule has 0 aliphatic heterocycles. The number of hydrogen-bond acceptors (Lipinski definition) is 2. The topological polar surface area (TPSA) is 6.48 Å². The fourth-order valence-electron chi connectivity index (χ4n) is 6.66. The molecule has 232 valence electrons. The summed E-state index contributed by atoms with van der Waals surface area (Å²) in [5.74, 6) is 0.776. The van der Waals surface area contributed by atoms with Crippen LogP contribution in [0.25, 0.3) is 21.5 Å². The predicted molar refractivity (Wildman–Crippen MR) is 204 cm³/mol. The zero-order valence-electron chi connectivity index (χ0n) is 28.0. The highest BCUT2D eigenvalue weighted by atomic mass is 15.2. The Morgan fingerprint density at radius 3 is 1.04 bits per heavy atom. The van der Waals surface area contributed by atoms with Crippen LogP contribution in [0.4, 0.5) is 34.1 Å². The molecule has 7 aromatic rings. The van der Waals surface area contributed by atoms with Gasteiger partial charge in [-0.2, -0.15) is 0 Å². The Labute approximate surface area is 279 Å². The van der Waals surface area contributed by atoms with Crippen molar-refractivity contribution in [3.63, 3.8) is 0 Å². The molecular weight excluding hydrogens is 569 g/mol. The van der Waals surface area contributed by atoms with E-state index >= 15 is 0 Å². The van der Waals surface area contributed by atoms with Crippen LogP contribution in [-0.2, 0) is 0 Å². The van der Waals surface area contributed by atoms with Crippen molar-refractivity contribution < 1.29 is 0 Å². The third kappa shape index (κ3) is 5.77. The molecule has 0 saturated heterocycles. The van der Waals surface area contributed by atoms with Gasteiger partial charge in [0.15, 0.2) is 0 Å². The van der Waals surface area contributed by atoms with Crippen molar-refractivity contribution in [2.45, 2.75) is 46.5 Å². The van der Waals surface area contributed by atoms with Gasteiger partial charge in [0.2, 0.25) is 0 Å². The normalized spacial score (nSPS) is 11.5. The van der Waals surface area contributed by atoms with Gasteiger partial charge < -0.3 is 9.80 Å². The van der Waals surface area contributed by atoms with Crippen LogP contribution in [0.2, 0.25) is 0 Å². The van der Waals surface area contributed by atoms with Gasteiger partial charge in [0, 0.05) is 44.3 Å². The van der Waals surface area contributed by atoms with Crippen molar-refractivity contribution in [2.75, 3.05) is 9.80 Å². The second-order valence-corrected chi connectivity index (χ2v) is 13.1. The van der Waals surface area contributed by atoms with E-state index in [-0.39, 0.29) is 0 Å². The number of aryl methyl sites for hydroxylation is 1.